The van der Waals surface area contributed by atoms with Gasteiger partial charge in [-0.05, 0) is 24.8 Å². The summed E-state index contributed by atoms with van der Waals surface area (Å²) < 4.78 is 9.82. The van der Waals surface area contributed by atoms with Crippen LogP contribution in [0.4, 0.5) is 4.79 Å². The topological polar surface area (TPSA) is 111 Å². The van der Waals surface area contributed by atoms with Crippen molar-refractivity contribution in [1.82, 2.24) is 10.6 Å². The van der Waals surface area contributed by atoms with Crippen LogP contribution in [0.15, 0.2) is 30.3 Å². The van der Waals surface area contributed by atoms with E-state index in [0.29, 0.717) is 0 Å². The van der Waals surface area contributed by atoms with Crippen LogP contribution in [0.1, 0.15) is 39.2 Å². The lowest BCUT2D eigenvalue weighted by molar-refractivity contribution is -0.145. The fourth-order valence-corrected chi connectivity index (χ4v) is 2.43. The van der Waals surface area contributed by atoms with Crippen molar-refractivity contribution in [3.05, 3.63) is 35.9 Å². The molecule has 2 amide bonds. The highest BCUT2D eigenvalue weighted by molar-refractivity contribution is 5.90. The maximum atomic E-state index is 12.6. The van der Waals surface area contributed by atoms with Crippen molar-refractivity contribution in [2.45, 2.75) is 52.3 Å². The van der Waals surface area contributed by atoms with Crippen molar-refractivity contribution in [3.8, 4) is 0 Å². The van der Waals surface area contributed by atoms with E-state index in [1.807, 2.05) is 30.3 Å². The first kappa shape index (κ1) is 23.1. The number of Topliss-reactive ketones (excluding diaryl/α,β-unsaturated/α-hetero) is 1. The van der Waals surface area contributed by atoms with Crippen molar-refractivity contribution in [1.29, 1.82) is 0 Å². The first-order valence-corrected chi connectivity index (χ1v) is 9.09. The molecule has 2 N–H and O–H groups in total. The third kappa shape index (κ3) is 8.20. The van der Waals surface area contributed by atoms with E-state index in [2.05, 4.69) is 15.4 Å². The van der Waals surface area contributed by atoms with E-state index in [1.165, 1.54) is 14.0 Å². The molecule has 0 aliphatic heterocycles. The average molecular weight is 392 g/mol. The van der Waals surface area contributed by atoms with Gasteiger partial charge >= 0.3 is 12.1 Å². The Balaban J connectivity index is 2.68. The first-order chi connectivity index (χ1) is 13.2. The van der Waals surface area contributed by atoms with Crippen LogP contribution in [0.2, 0.25) is 0 Å². The number of hydrogen-bond donors (Lipinski definition) is 2. The second-order valence-electron chi connectivity index (χ2n) is 6.75. The Kier molecular flexibility index (Phi) is 9.70. The van der Waals surface area contributed by atoms with Crippen LogP contribution in [0.5, 0.6) is 0 Å². The van der Waals surface area contributed by atoms with E-state index in [-0.39, 0.29) is 31.1 Å². The summed E-state index contributed by atoms with van der Waals surface area (Å²) in [6.45, 7) is 4.98. The highest BCUT2D eigenvalue weighted by atomic mass is 16.5. The molecule has 0 spiro atoms. The summed E-state index contributed by atoms with van der Waals surface area (Å²) in [5.74, 6) is -1.56. The number of amides is 2. The number of ether oxygens (including phenoxy) is 2. The molecule has 2 atom stereocenters. The van der Waals surface area contributed by atoms with Gasteiger partial charge in [0.2, 0.25) is 5.91 Å². The zero-order valence-corrected chi connectivity index (χ0v) is 16.7. The molecule has 0 fully saturated rings. The number of carbonyl (C=O) groups excluding carboxylic acids is 4. The van der Waals surface area contributed by atoms with Gasteiger partial charge in [-0.3, -0.25) is 4.79 Å². The van der Waals surface area contributed by atoms with Gasteiger partial charge in [0, 0.05) is 6.42 Å². The molecule has 1 aromatic rings. The fourth-order valence-electron chi connectivity index (χ4n) is 2.43. The predicted molar refractivity (Wildman–Crippen MR) is 102 cm³/mol. The molecule has 154 valence electrons. The molecule has 0 heterocycles. The number of methoxy groups -OCH3 is 1. The normalized spacial score (nSPS) is 12.6. The van der Waals surface area contributed by atoms with Crippen molar-refractivity contribution < 1.29 is 28.7 Å². The van der Waals surface area contributed by atoms with E-state index in [1.54, 1.807) is 13.8 Å². The van der Waals surface area contributed by atoms with E-state index in [9.17, 15) is 19.2 Å². The van der Waals surface area contributed by atoms with Gasteiger partial charge in [0.25, 0.3) is 0 Å². The third-order valence-electron chi connectivity index (χ3n) is 4.02. The molecule has 8 nitrogen and oxygen atoms in total. The first-order valence-electron chi connectivity index (χ1n) is 9.09. The molecule has 0 aromatic heterocycles. The van der Waals surface area contributed by atoms with Crippen LogP contribution < -0.4 is 10.6 Å². The second-order valence-corrected chi connectivity index (χ2v) is 6.75. The van der Waals surface area contributed by atoms with Gasteiger partial charge in [-0.25, -0.2) is 9.59 Å². The molecule has 0 radical (unpaired) electrons. The van der Waals surface area contributed by atoms with Gasteiger partial charge in [-0.15, -0.1) is 0 Å². The number of nitrogens with one attached hydrogen (secondary N) is 2. The minimum Gasteiger partial charge on any atom is -0.467 e. The van der Waals surface area contributed by atoms with Crippen LogP contribution in [0.3, 0.4) is 0 Å². The lowest BCUT2D eigenvalue weighted by Gasteiger charge is -2.24. The maximum Gasteiger partial charge on any atom is 0.408 e. The van der Waals surface area contributed by atoms with Crippen LogP contribution in [0, 0.1) is 5.92 Å². The lowest BCUT2D eigenvalue weighted by atomic mass is 10.0. The highest BCUT2D eigenvalue weighted by Crippen LogP contribution is 2.07. The second kappa shape index (κ2) is 11.7. The van der Waals surface area contributed by atoms with Crippen LogP contribution in [0.25, 0.3) is 0 Å². The summed E-state index contributed by atoms with van der Waals surface area (Å²) in [4.78, 5) is 47.7. The van der Waals surface area contributed by atoms with E-state index < -0.39 is 30.1 Å². The summed E-state index contributed by atoms with van der Waals surface area (Å²) in [7, 11) is 1.20. The van der Waals surface area contributed by atoms with Crippen LogP contribution >= 0.6 is 0 Å². The Bertz CT molecular complexity index is 675. The highest BCUT2D eigenvalue weighted by Gasteiger charge is 2.29. The number of rotatable bonds is 10. The molecule has 28 heavy (non-hydrogen) atoms. The monoisotopic (exact) mass is 392 g/mol. The van der Waals surface area contributed by atoms with Gasteiger partial charge in [0.05, 0.1) is 7.11 Å². The van der Waals surface area contributed by atoms with Gasteiger partial charge in [-0.1, -0.05) is 44.2 Å². The molecule has 0 aliphatic carbocycles. The lowest BCUT2D eigenvalue weighted by Crippen LogP contribution is -2.54. The minimum atomic E-state index is -0.968. The summed E-state index contributed by atoms with van der Waals surface area (Å²) >= 11 is 0. The molecular formula is C20H28N2O6. The molecule has 1 aromatic carbocycles. The van der Waals surface area contributed by atoms with Crippen LogP contribution in [-0.4, -0.2) is 42.9 Å². The van der Waals surface area contributed by atoms with Gasteiger partial charge < -0.3 is 24.9 Å². The van der Waals surface area contributed by atoms with E-state index >= 15 is 0 Å². The van der Waals surface area contributed by atoms with Gasteiger partial charge in [-0.2, -0.15) is 0 Å². The maximum absolute atomic E-state index is 12.6. The fraction of sp³-hybridized carbons (Fsp3) is 0.500. The number of esters is 1. The number of carbonyl (C=O) groups is 4. The Morgan fingerprint density at radius 3 is 2.21 bits per heavy atom. The summed E-state index contributed by atoms with van der Waals surface area (Å²) in [6, 6.07) is 7.26. The number of hydrogen-bond acceptors (Lipinski definition) is 6. The largest absolute Gasteiger partial charge is 0.467 e. The number of benzene rings is 1. The van der Waals surface area contributed by atoms with Crippen molar-refractivity contribution in [2.75, 3.05) is 7.11 Å². The SMILES string of the molecule is COC(=O)[C@H](CCC(C)=O)NC(=O)[C@H](NC(=O)OCc1ccccc1)C(C)C. The Morgan fingerprint density at radius 1 is 1.04 bits per heavy atom. The Hall–Kier alpha value is -2.90. The summed E-state index contributed by atoms with van der Waals surface area (Å²) in [5, 5.41) is 5.07. The zero-order valence-electron chi connectivity index (χ0n) is 16.7. The molecule has 0 unspecified atom stereocenters. The number of alkyl carbamates (subject to hydrolysis) is 1. The van der Waals surface area contributed by atoms with Crippen molar-refractivity contribution in [2.24, 2.45) is 5.92 Å². The molecule has 0 saturated heterocycles. The molecular weight excluding hydrogens is 364 g/mol. The smallest absolute Gasteiger partial charge is 0.408 e. The summed E-state index contributed by atoms with van der Waals surface area (Å²) in [5.41, 5.74) is 0.818. The third-order valence-corrected chi connectivity index (χ3v) is 4.02. The molecule has 0 saturated carbocycles. The molecule has 0 bridgehead atoms. The molecule has 1 rings (SSSR count). The average Bonchev–Trinajstić information content (AvgIpc) is 2.67. The van der Waals surface area contributed by atoms with Crippen LogP contribution in [-0.2, 0) is 30.5 Å². The van der Waals surface area contributed by atoms with Gasteiger partial charge in [0.15, 0.2) is 0 Å². The van der Waals surface area contributed by atoms with Gasteiger partial charge in [0.1, 0.15) is 24.5 Å². The Morgan fingerprint density at radius 2 is 1.68 bits per heavy atom. The number of ketones is 1. The zero-order chi connectivity index (χ0) is 21.1. The quantitative estimate of drug-likeness (QED) is 0.589. The predicted octanol–water partition coefficient (Wildman–Crippen LogP) is 1.96. The molecule has 8 heteroatoms. The molecule has 0 aliphatic rings. The van der Waals surface area contributed by atoms with E-state index in [0.717, 1.165) is 5.56 Å². The summed E-state index contributed by atoms with van der Waals surface area (Å²) in [6.07, 6.45) is -0.494. The van der Waals surface area contributed by atoms with Crippen molar-refractivity contribution in [3.63, 3.8) is 0 Å². The minimum absolute atomic E-state index is 0.0719. The van der Waals surface area contributed by atoms with Crippen molar-refractivity contribution >= 4 is 23.8 Å². The standard InChI is InChI=1S/C20H28N2O6/c1-13(2)17(22-20(26)28-12-15-8-6-5-7-9-15)18(24)21-16(19(25)27-4)11-10-14(3)23/h5-9,13,16-17H,10-12H2,1-4H3,(H,21,24)(H,22,26)/t16-,17+/m0/s1. The van der Waals surface area contributed by atoms with E-state index in [4.69, 9.17) is 4.74 Å². The Labute approximate surface area is 165 Å².